The topological polar surface area (TPSA) is 69.0 Å². The molecule has 1 N–H and O–H groups in total. The van der Waals surface area contributed by atoms with Gasteiger partial charge in [-0.2, -0.15) is 0 Å². The molecule has 1 amide bonds. The maximum atomic E-state index is 11.9. The number of benzene rings is 1. The second-order valence-corrected chi connectivity index (χ2v) is 6.76. The zero-order chi connectivity index (χ0) is 16.2. The van der Waals surface area contributed by atoms with Crippen LogP contribution in [0.5, 0.6) is 5.88 Å². The molecule has 0 aliphatic carbocycles. The van der Waals surface area contributed by atoms with Crippen molar-refractivity contribution in [1.82, 2.24) is 14.8 Å². The third-order valence-electron chi connectivity index (χ3n) is 2.87. The van der Waals surface area contributed by atoms with Crippen LogP contribution in [0.15, 0.2) is 47.2 Å². The average Bonchev–Trinajstić information content (AvgIpc) is 3.12. The van der Waals surface area contributed by atoms with E-state index in [1.165, 1.54) is 11.3 Å². The first kappa shape index (κ1) is 15.7. The minimum Gasteiger partial charge on any atom is -0.466 e. The lowest BCUT2D eigenvalue weighted by Crippen LogP contribution is -2.20. The molecule has 3 rings (SSSR count). The molecule has 0 unspecified atom stereocenters. The number of hydrogen-bond donors (Lipinski definition) is 1. The Morgan fingerprint density at radius 3 is 2.87 bits per heavy atom. The number of nitrogens with one attached hydrogen (secondary N) is 1. The van der Waals surface area contributed by atoms with Gasteiger partial charge >= 0.3 is 0 Å². The minimum absolute atomic E-state index is 0.136. The van der Waals surface area contributed by atoms with Crippen LogP contribution in [-0.2, 0) is 4.79 Å². The normalized spacial score (nSPS) is 10.5. The van der Waals surface area contributed by atoms with Crippen molar-refractivity contribution in [3.8, 4) is 11.6 Å². The summed E-state index contributed by atoms with van der Waals surface area (Å²) in [7, 11) is 0. The first-order valence-corrected chi connectivity index (χ1v) is 8.38. The third kappa shape index (κ3) is 3.96. The Kier molecular flexibility index (Phi) is 4.73. The van der Waals surface area contributed by atoms with Crippen LogP contribution in [0, 0.1) is 6.92 Å². The van der Waals surface area contributed by atoms with Gasteiger partial charge in [0.15, 0.2) is 11.7 Å². The summed E-state index contributed by atoms with van der Waals surface area (Å²) in [4.78, 5) is 17.0. The Bertz CT molecular complexity index is 816. The molecule has 0 aliphatic heterocycles. The largest absolute Gasteiger partial charge is 0.466 e. The monoisotopic (exact) mass is 392 g/mol. The van der Waals surface area contributed by atoms with Crippen molar-refractivity contribution < 1.29 is 9.53 Å². The minimum atomic E-state index is -0.277. The molecule has 2 aromatic heterocycles. The summed E-state index contributed by atoms with van der Waals surface area (Å²) < 4.78 is 7.83. The van der Waals surface area contributed by atoms with Crippen molar-refractivity contribution in [2.24, 2.45) is 0 Å². The van der Waals surface area contributed by atoms with Gasteiger partial charge in [0.25, 0.3) is 5.91 Å². The summed E-state index contributed by atoms with van der Waals surface area (Å²) >= 11 is 4.80. The van der Waals surface area contributed by atoms with Crippen molar-refractivity contribution >= 4 is 38.3 Å². The highest BCUT2D eigenvalue weighted by atomic mass is 79.9. The van der Waals surface area contributed by atoms with Crippen molar-refractivity contribution in [3.05, 3.63) is 52.1 Å². The van der Waals surface area contributed by atoms with E-state index in [4.69, 9.17) is 4.74 Å². The predicted molar refractivity (Wildman–Crippen MR) is 92.2 cm³/mol. The van der Waals surface area contributed by atoms with E-state index < -0.39 is 0 Å². The van der Waals surface area contributed by atoms with Gasteiger partial charge in [-0.3, -0.25) is 10.1 Å². The molecule has 0 radical (unpaired) electrons. The molecule has 6 nitrogen and oxygen atoms in total. The number of carbonyl (C=O) groups is 1. The van der Waals surface area contributed by atoms with E-state index in [9.17, 15) is 4.79 Å². The fraction of sp³-hybridized carbons (Fsp3) is 0.133. The maximum Gasteiger partial charge on any atom is 0.264 e. The Labute approximate surface area is 145 Å². The number of ether oxygens (including phenoxy) is 1. The molecule has 0 aliphatic rings. The van der Waals surface area contributed by atoms with E-state index in [0.29, 0.717) is 15.5 Å². The van der Waals surface area contributed by atoms with Gasteiger partial charge in [0, 0.05) is 17.3 Å². The number of thiazole rings is 1. The van der Waals surface area contributed by atoms with Crippen LogP contribution in [0.1, 0.15) is 4.88 Å². The standard InChI is InChI=1S/C15H13BrN4O2S/c1-10-7-17-15(23-10)18-13(21)9-22-14-12(16)8-20(19-14)11-5-3-2-4-6-11/h2-8H,9H2,1H3,(H,17,18,21). The molecule has 0 saturated heterocycles. The van der Waals surface area contributed by atoms with Crippen molar-refractivity contribution in [1.29, 1.82) is 0 Å². The molecule has 23 heavy (non-hydrogen) atoms. The number of halogens is 1. The smallest absolute Gasteiger partial charge is 0.264 e. The van der Waals surface area contributed by atoms with Crippen molar-refractivity contribution in [2.45, 2.75) is 6.92 Å². The van der Waals surface area contributed by atoms with Gasteiger partial charge in [0.2, 0.25) is 5.88 Å². The molecule has 0 saturated carbocycles. The first-order chi connectivity index (χ1) is 11.1. The summed E-state index contributed by atoms with van der Waals surface area (Å²) in [5.74, 6) is 0.0832. The summed E-state index contributed by atoms with van der Waals surface area (Å²) in [6.45, 7) is 1.79. The number of amides is 1. The van der Waals surface area contributed by atoms with E-state index in [1.807, 2.05) is 37.3 Å². The highest BCUT2D eigenvalue weighted by molar-refractivity contribution is 9.10. The third-order valence-corrected chi connectivity index (χ3v) is 4.24. The molecular weight excluding hydrogens is 380 g/mol. The van der Waals surface area contributed by atoms with Crippen LogP contribution in [0.3, 0.4) is 0 Å². The van der Waals surface area contributed by atoms with Crippen LogP contribution >= 0.6 is 27.3 Å². The van der Waals surface area contributed by atoms with Crippen molar-refractivity contribution in [2.75, 3.05) is 11.9 Å². The molecule has 8 heteroatoms. The van der Waals surface area contributed by atoms with Crippen molar-refractivity contribution in [3.63, 3.8) is 0 Å². The van der Waals surface area contributed by atoms with Gasteiger partial charge in [0.05, 0.1) is 10.2 Å². The zero-order valence-electron chi connectivity index (χ0n) is 12.2. The lowest BCUT2D eigenvalue weighted by molar-refractivity contribution is -0.118. The van der Waals surface area contributed by atoms with Gasteiger partial charge < -0.3 is 4.74 Å². The molecular formula is C15H13BrN4O2S. The lowest BCUT2D eigenvalue weighted by atomic mass is 10.3. The average molecular weight is 393 g/mol. The molecule has 2 heterocycles. The second-order valence-electron chi connectivity index (χ2n) is 4.68. The van der Waals surface area contributed by atoms with Gasteiger partial charge in [-0.1, -0.05) is 18.2 Å². The Morgan fingerprint density at radius 1 is 1.39 bits per heavy atom. The molecule has 0 fully saturated rings. The van der Waals surface area contributed by atoms with Gasteiger partial charge in [-0.25, -0.2) is 9.67 Å². The van der Waals surface area contributed by atoms with Crippen LogP contribution in [-0.4, -0.2) is 27.3 Å². The van der Waals surface area contributed by atoms with Crippen LogP contribution in [0.2, 0.25) is 0 Å². The van der Waals surface area contributed by atoms with E-state index in [-0.39, 0.29) is 12.5 Å². The molecule has 0 atom stereocenters. The van der Waals surface area contributed by atoms with Gasteiger partial charge in [-0.05, 0) is 35.0 Å². The first-order valence-electron chi connectivity index (χ1n) is 6.77. The Hall–Kier alpha value is -2.19. The Morgan fingerprint density at radius 2 is 2.17 bits per heavy atom. The maximum absolute atomic E-state index is 11.9. The quantitative estimate of drug-likeness (QED) is 0.721. The van der Waals surface area contributed by atoms with E-state index in [1.54, 1.807) is 17.1 Å². The predicted octanol–water partition coefficient (Wildman–Crippen LogP) is 3.42. The van der Waals surface area contributed by atoms with Crippen LogP contribution in [0.25, 0.3) is 5.69 Å². The lowest BCUT2D eigenvalue weighted by Gasteiger charge is -2.03. The zero-order valence-corrected chi connectivity index (χ0v) is 14.6. The fourth-order valence-electron chi connectivity index (χ4n) is 1.85. The van der Waals surface area contributed by atoms with E-state index in [2.05, 4.69) is 31.3 Å². The number of anilines is 1. The summed E-state index contributed by atoms with van der Waals surface area (Å²) in [6.07, 6.45) is 3.49. The number of aryl methyl sites for hydroxylation is 1. The van der Waals surface area contributed by atoms with Crippen LogP contribution in [0.4, 0.5) is 5.13 Å². The highest BCUT2D eigenvalue weighted by Gasteiger charge is 2.12. The number of para-hydroxylation sites is 1. The summed E-state index contributed by atoms with van der Waals surface area (Å²) in [5.41, 5.74) is 0.908. The van der Waals surface area contributed by atoms with Gasteiger partial charge in [-0.15, -0.1) is 16.4 Å². The summed E-state index contributed by atoms with van der Waals surface area (Å²) in [5, 5.41) is 7.56. The number of aromatic nitrogens is 3. The van der Waals surface area contributed by atoms with Gasteiger partial charge in [0.1, 0.15) is 0 Å². The molecule has 1 aromatic carbocycles. The molecule has 3 aromatic rings. The second kappa shape index (κ2) is 6.93. The molecule has 118 valence electrons. The van der Waals surface area contributed by atoms with E-state index >= 15 is 0 Å². The SMILES string of the molecule is Cc1cnc(NC(=O)COc2nn(-c3ccccc3)cc2Br)s1. The fourth-order valence-corrected chi connectivity index (χ4v) is 2.92. The van der Waals surface area contributed by atoms with Crippen LogP contribution < -0.4 is 10.1 Å². The molecule has 0 spiro atoms. The molecule has 0 bridgehead atoms. The number of nitrogens with zero attached hydrogens (tertiary/aromatic N) is 3. The van der Waals surface area contributed by atoms with E-state index in [0.717, 1.165) is 10.6 Å². The highest BCUT2D eigenvalue weighted by Crippen LogP contribution is 2.24. The Balaban J connectivity index is 1.62. The number of carbonyl (C=O) groups excluding carboxylic acids is 1. The number of rotatable bonds is 5. The summed E-state index contributed by atoms with van der Waals surface area (Å²) in [6, 6.07) is 9.65. The number of hydrogen-bond acceptors (Lipinski definition) is 5.